The number of ketones is 1. The molecule has 2 rings (SSSR count). The highest BCUT2D eigenvalue weighted by Gasteiger charge is 2.35. The summed E-state index contributed by atoms with van der Waals surface area (Å²) in [6, 6.07) is 3.35. The first kappa shape index (κ1) is 13.7. The summed E-state index contributed by atoms with van der Waals surface area (Å²) >= 11 is 1.25. The molecule has 0 aliphatic carbocycles. The largest absolute Gasteiger partial charge is 0.417 e. The highest BCUT2D eigenvalue weighted by molar-refractivity contribution is 7.10. The van der Waals surface area contributed by atoms with Gasteiger partial charge in [0.05, 0.1) is 5.56 Å². The SMILES string of the molecule is Cc1sccc1C(=O)c1cc(F)ccc1C(F)(F)F. The molecule has 1 aromatic carbocycles. The third-order valence-corrected chi connectivity index (χ3v) is 3.48. The molecule has 0 amide bonds. The summed E-state index contributed by atoms with van der Waals surface area (Å²) < 4.78 is 51.6. The Balaban J connectivity index is 2.59. The van der Waals surface area contributed by atoms with Gasteiger partial charge in [-0.3, -0.25) is 4.79 Å². The van der Waals surface area contributed by atoms with E-state index >= 15 is 0 Å². The van der Waals surface area contributed by atoms with Gasteiger partial charge in [0.2, 0.25) is 0 Å². The van der Waals surface area contributed by atoms with Crippen LogP contribution in [0.3, 0.4) is 0 Å². The predicted molar refractivity (Wildman–Crippen MR) is 63.9 cm³/mol. The average molecular weight is 288 g/mol. The summed E-state index contributed by atoms with van der Waals surface area (Å²) in [6.07, 6.45) is -4.69. The number of hydrogen-bond acceptors (Lipinski definition) is 2. The Labute approximate surface area is 110 Å². The summed E-state index contributed by atoms with van der Waals surface area (Å²) in [7, 11) is 0. The van der Waals surface area contributed by atoms with Gasteiger partial charge < -0.3 is 0 Å². The molecule has 0 saturated heterocycles. The van der Waals surface area contributed by atoms with E-state index in [1.807, 2.05) is 0 Å². The number of hydrogen-bond donors (Lipinski definition) is 0. The van der Waals surface area contributed by atoms with Crippen LogP contribution in [0.5, 0.6) is 0 Å². The van der Waals surface area contributed by atoms with E-state index in [0.29, 0.717) is 23.1 Å². The van der Waals surface area contributed by atoms with Crippen molar-refractivity contribution in [3.8, 4) is 0 Å². The Morgan fingerprint density at radius 1 is 1.16 bits per heavy atom. The van der Waals surface area contributed by atoms with Gasteiger partial charge in [-0.25, -0.2) is 4.39 Å². The second-order valence-electron chi connectivity index (χ2n) is 3.91. The maximum absolute atomic E-state index is 13.1. The minimum absolute atomic E-state index is 0.168. The van der Waals surface area contributed by atoms with Crippen LogP contribution in [0.2, 0.25) is 0 Å². The van der Waals surface area contributed by atoms with E-state index in [-0.39, 0.29) is 5.56 Å². The average Bonchev–Trinajstić information content (AvgIpc) is 2.72. The van der Waals surface area contributed by atoms with Gasteiger partial charge in [-0.2, -0.15) is 13.2 Å². The third kappa shape index (κ3) is 2.68. The van der Waals surface area contributed by atoms with E-state index in [1.165, 1.54) is 17.4 Å². The minimum Gasteiger partial charge on any atom is -0.289 e. The zero-order chi connectivity index (χ0) is 14.2. The fourth-order valence-corrected chi connectivity index (χ4v) is 2.41. The molecule has 0 radical (unpaired) electrons. The number of halogens is 4. The lowest BCUT2D eigenvalue weighted by molar-refractivity contribution is -0.137. The van der Waals surface area contributed by atoms with Crippen molar-refractivity contribution in [2.75, 3.05) is 0 Å². The molecule has 2 aromatic rings. The number of benzene rings is 1. The molecule has 0 fully saturated rings. The van der Waals surface area contributed by atoms with E-state index in [2.05, 4.69) is 0 Å². The van der Waals surface area contributed by atoms with Gasteiger partial charge in [-0.05, 0) is 36.6 Å². The van der Waals surface area contributed by atoms with E-state index in [4.69, 9.17) is 0 Å². The lowest BCUT2D eigenvalue weighted by Gasteiger charge is -2.12. The third-order valence-electron chi connectivity index (χ3n) is 2.64. The van der Waals surface area contributed by atoms with Crippen LogP contribution in [0, 0.1) is 12.7 Å². The molecule has 0 spiro atoms. The van der Waals surface area contributed by atoms with Crippen molar-refractivity contribution in [2.24, 2.45) is 0 Å². The standard InChI is InChI=1S/C13H8F4OS/c1-7-9(4-5-19-7)12(18)10-6-8(14)2-3-11(10)13(15,16)17/h2-6H,1H3. The number of carbonyl (C=O) groups is 1. The molecule has 0 saturated carbocycles. The van der Waals surface area contributed by atoms with Crippen LogP contribution < -0.4 is 0 Å². The molecular weight excluding hydrogens is 280 g/mol. The van der Waals surface area contributed by atoms with E-state index in [9.17, 15) is 22.4 Å². The normalized spacial score (nSPS) is 11.6. The Kier molecular flexibility index (Phi) is 3.45. The number of aryl methyl sites for hydroxylation is 1. The second-order valence-corrected chi connectivity index (χ2v) is 5.03. The maximum atomic E-state index is 13.1. The quantitative estimate of drug-likeness (QED) is 0.589. The molecule has 1 nitrogen and oxygen atoms in total. The Hall–Kier alpha value is -1.69. The van der Waals surface area contributed by atoms with Crippen LogP contribution >= 0.6 is 11.3 Å². The molecule has 0 aliphatic heterocycles. The molecule has 0 aliphatic rings. The lowest BCUT2D eigenvalue weighted by Crippen LogP contribution is -2.14. The van der Waals surface area contributed by atoms with Gasteiger partial charge in [0.25, 0.3) is 0 Å². The Morgan fingerprint density at radius 3 is 2.37 bits per heavy atom. The molecule has 100 valence electrons. The van der Waals surface area contributed by atoms with Crippen molar-refractivity contribution in [3.63, 3.8) is 0 Å². The van der Waals surface area contributed by atoms with Crippen molar-refractivity contribution in [2.45, 2.75) is 13.1 Å². The van der Waals surface area contributed by atoms with E-state index < -0.39 is 28.9 Å². The Morgan fingerprint density at radius 2 is 1.84 bits per heavy atom. The van der Waals surface area contributed by atoms with E-state index in [1.54, 1.807) is 12.3 Å². The highest BCUT2D eigenvalue weighted by Crippen LogP contribution is 2.34. The fraction of sp³-hybridized carbons (Fsp3) is 0.154. The topological polar surface area (TPSA) is 17.1 Å². The van der Waals surface area contributed by atoms with Crippen molar-refractivity contribution >= 4 is 17.1 Å². The van der Waals surface area contributed by atoms with Crippen LogP contribution in [0.4, 0.5) is 17.6 Å². The molecule has 19 heavy (non-hydrogen) atoms. The van der Waals surface area contributed by atoms with Gasteiger partial charge in [-0.1, -0.05) is 0 Å². The van der Waals surface area contributed by atoms with Crippen molar-refractivity contribution in [3.05, 3.63) is 57.0 Å². The summed E-state index contributed by atoms with van der Waals surface area (Å²) in [5.41, 5.74) is -1.61. The summed E-state index contributed by atoms with van der Waals surface area (Å²) in [6.45, 7) is 1.63. The Bertz CT molecular complexity index is 628. The monoisotopic (exact) mass is 288 g/mol. The molecular formula is C13H8F4OS. The van der Waals surface area contributed by atoms with Gasteiger partial charge in [-0.15, -0.1) is 11.3 Å². The molecule has 0 atom stereocenters. The summed E-state index contributed by atoms with van der Waals surface area (Å²) in [5.74, 6) is -1.69. The number of thiophene rings is 1. The van der Waals surface area contributed by atoms with Crippen LogP contribution in [0.15, 0.2) is 29.6 Å². The van der Waals surface area contributed by atoms with Gasteiger partial charge in [0.15, 0.2) is 5.78 Å². The first-order valence-corrected chi connectivity index (χ1v) is 6.14. The molecule has 6 heteroatoms. The molecule has 0 N–H and O–H groups in total. The highest BCUT2D eigenvalue weighted by atomic mass is 32.1. The van der Waals surface area contributed by atoms with Gasteiger partial charge in [0, 0.05) is 16.0 Å². The van der Waals surface area contributed by atoms with Crippen LogP contribution in [0.25, 0.3) is 0 Å². The number of alkyl halides is 3. The van der Waals surface area contributed by atoms with Crippen molar-refractivity contribution in [1.29, 1.82) is 0 Å². The molecule has 1 aromatic heterocycles. The maximum Gasteiger partial charge on any atom is 0.417 e. The lowest BCUT2D eigenvalue weighted by atomic mass is 9.98. The molecule has 0 unspecified atom stereocenters. The molecule has 0 bridgehead atoms. The van der Waals surface area contributed by atoms with E-state index in [0.717, 1.165) is 0 Å². The fourth-order valence-electron chi connectivity index (χ4n) is 1.72. The van der Waals surface area contributed by atoms with Crippen LogP contribution in [0.1, 0.15) is 26.4 Å². The molecule has 1 heterocycles. The minimum atomic E-state index is -4.69. The summed E-state index contributed by atoms with van der Waals surface area (Å²) in [5, 5.41) is 1.61. The van der Waals surface area contributed by atoms with Crippen LogP contribution in [-0.4, -0.2) is 5.78 Å². The second kappa shape index (κ2) is 4.77. The van der Waals surface area contributed by atoms with Crippen molar-refractivity contribution in [1.82, 2.24) is 0 Å². The summed E-state index contributed by atoms with van der Waals surface area (Å²) in [4.78, 5) is 12.7. The zero-order valence-electron chi connectivity index (χ0n) is 9.72. The smallest absolute Gasteiger partial charge is 0.289 e. The van der Waals surface area contributed by atoms with Crippen LogP contribution in [-0.2, 0) is 6.18 Å². The number of carbonyl (C=O) groups excluding carboxylic acids is 1. The van der Waals surface area contributed by atoms with Gasteiger partial charge in [0.1, 0.15) is 5.82 Å². The first-order valence-electron chi connectivity index (χ1n) is 5.26. The zero-order valence-corrected chi connectivity index (χ0v) is 10.5. The van der Waals surface area contributed by atoms with Gasteiger partial charge >= 0.3 is 6.18 Å². The number of rotatable bonds is 2. The van der Waals surface area contributed by atoms with Crippen molar-refractivity contribution < 1.29 is 22.4 Å². The predicted octanol–water partition coefficient (Wildman–Crippen LogP) is 4.45. The first-order chi connectivity index (χ1) is 8.80.